The minimum absolute atomic E-state index is 0.0207. The Kier molecular flexibility index (Phi) is 6.28. The first-order valence-electron chi connectivity index (χ1n) is 12.4. The van der Waals surface area contributed by atoms with Crippen LogP contribution in [0.1, 0.15) is 0 Å². The molecule has 0 atom stereocenters. The van der Waals surface area contributed by atoms with Crippen LogP contribution in [0.5, 0.6) is 0 Å². The molecular formula is C30H18ClN5O2S3. The van der Waals surface area contributed by atoms with Crippen LogP contribution < -0.4 is 5.49 Å². The average molecular weight is 612 g/mol. The fourth-order valence-corrected chi connectivity index (χ4v) is 8.18. The maximum absolute atomic E-state index is 14.3. The molecule has 0 aliphatic heterocycles. The lowest BCUT2D eigenvalue weighted by molar-refractivity contribution is 0.585. The van der Waals surface area contributed by atoms with Crippen LogP contribution in [0.25, 0.3) is 47.3 Å². The van der Waals surface area contributed by atoms with Gasteiger partial charge in [-0.1, -0.05) is 54.1 Å². The van der Waals surface area contributed by atoms with Crippen LogP contribution in [-0.2, 0) is 9.84 Å². The Morgan fingerprint density at radius 2 is 1.22 bits per heavy atom. The zero-order valence-electron chi connectivity index (χ0n) is 21.0. The van der Waals surface area contributed by atoms with Gasteiger partial charge in [0.2, 0.25) is 9.84 Å². The summed E-state index contributed by atoms with van der Waals surface area (Å²) in [5.74, 6) is 0. The van der Waals surface area contributed by atoms with Crippen molar-refractivity contribution >= 4 is 64.5 Å². The Morgan fingerprint density at radius 1 is 0.683 bits per heavy atom. The number of aromatic nitrogens is 4. The highest BCUT2D eigenvalue weighted by molar-refractivity contribution is 7.91. The summed E-state index contributed by atoms with van der Waals surface area (Å²) < 4.78 is 31.8. The summed E-state index contributed by atoms with van der Waals surface area (Å²) >= 11 is 8.90. The summed E-state index contributed by atoms with van der Waals surface area (Å²) in [4.78, 5) is 9.76. The minimum Gasteiger partial charge on any atom is -0.282 e. The fraction of sp³-hybridized carbons (Fsp3) is 0. The van der Waals surface area contributed by atoms with E-state index in [1.165, 1.54) is 39.5 Å². The molecule has 0 bridgehead atoms. The standard InChI is InChI=1S/C30H18ClN5O2S3/c31-18-14-16-19(17-15-18)36-27(32)25(28-33-21-10-4-6-12-23(21)39-28)26(29-34-22-11-5-7-13-24(22)40-29)30(35-36)41(37,38)20-8-2-1-3-9-20/h1-17,32H. The lowest BCUT2D eigenvalue weighted by atomic mass is 10.1. The molecule has 0 aliphatic rings. The van der Waals surface area contributed by atoms with E-state index in [0.717, 1.165) is 20.4 Å². The van der Waals surface area contributed by atoms with Crippen molar-refractivity contribution in [1.29, 1.82) is 5.41 Å². The summed E-state index contributed by atoms with van der Waals surface area (Å²) in [6.45, 7) is 0. The van der Waals surface area contributed by atoms with Gasteiger partial charge >= 0.3 is 0 Å². The number of halogens is 1. The largest absolute Gasteiger partial charge is 0.282 e. The van der Waals surface area contributed by atoms with Crippen LogP contribution in [0.15, 0.2) is 113 Å². The molecule has 3 aromatic heterocycles. The first-order chi connectivity index (χ1) is 19.9. The molecule has 0 saturated carbocycles. The van der Waals surface area contributed by atoms with Gasteiger partial charge in [0.1, 0.15) is 10.0 Å². The first kappa shape index (κ1) is 25.7. The molecule has 0 spiro atoms. The summed E-state index contributed by atoms with van der Waals surface area (Å²) in [6, 6.07) is 30.2. The van der Waals surface area contributed by atoms with Gasteiger partial charge in [-0.25, -0.2) is 23.1 Å². The number of nitrogens with one attached hydrogen (secondary N) is 1. The predicted molar refractivity (Wildman–Crippen MR) is 164 cm³/mol. The van der Waals surface area contributed by atoms with Gasteiger partial charge in [-0.15, -0.1) is 22.7 Å². The quantitative estimate of drug-likeness (QED) is 0.219. The zero-order chi connectivity index (χ0) is 28.1. The molecule has 0 amide bonds. The predicted octanol–water partition coefficient (Wildman–Crippen LogP) is 7.39. The van der Waals surface area contributed by atoms with Crippen molar-refractivity contribution < 1.29 is 8.42 Å². The number of hydrogen-bond donors (Lipinski definition) is 1. The molecule has 0 radical (unpaired) electrons. The van der Waals surface area contributed by atoms with Crippen molar-refractivity contribution in [2.24, 2.45) is 0 Å². The molecular weight excluding hydrogens is 594 g/mol. The number of fused-ring (bicyclic) bond motifs is 2. The van der Waals surface area contributed by atoms with Crippen molar-refractivity contribution in [2.45, 2.75) is 9.92 Å². The van der Waals surface area contributed by atoms with Crippen molar-refractivity contribution in [3.63, 3.8) is 0 Å². The third-order valence-electron chi connectivity index (χ3n) is 6.50. The number of para-hydroxylation sites is 2. The smallest absolute Gasteiger partial charge is 0.226 e. The van der Waals surface area contributed by atoms with Gasteiger partial charge in [0, 0.05) is 5.02 Å². The Balaban J connectivity index is 1.65. The number of thiazole rings is 2. The van der Waals surface area contributed by atoms with Crippen LogP contribution in [0.4, 0.5) is 0 Å². The fourth-order valence-electron chi connectivity index (χ4n) is 4.56. The molecule has 41 heavy (non-hydrogen) atoms. The molecule has 0 unspecified atom stereocenters. The Hall–Kier alpha value is -4.22. The van der Waals surface area contributed by atoms with E-state index >= 15 is 0 Å². The van der Waals surface area contributed by atoms with Crippen LogP contribution >= 0.6 is 34.3 Å². The van der Waals surface area contributed by atoms with Gasteiger partial charge in [0.05, 0.1) is 42.1 Å². The van der Waals surface area contributed by atoms with E-state index in [1.807, 2.05) is 48.5 Å². The van der Waals surface area contributed by atoms with Crippen molar-refractivity contribution in [3.8, 4) is 26.8 Å². The van der Waals surface area contributed by atoms with Gasteiger partial charge in [-0.2, -0.15) is 5.10 Å². The van der Waals surface area contributed by atoms with Crippen molar-refractivity contribution in [3.05, 3.63) is 114 Å². The van der Waals surface area contributed by atoms with Crippen LogP contribution in [0.3, 0.4) is 0 Å². The first-order valence-corrected chi connectivity index (χ1v) is 15.9. The molecule has 200 valence electrons. The molecule has 7 aromatic rings. The number of benzene rings is 4. The number of nitrogens with zero attached hydrogens (tertiary/aromatic N) is 4. The van der Waals surface area contributed by atoms with E-state index in [4.69, 9.17) is 21.6 Å². The van der Waals surface area contributed by atoms with Gasteiger partial charge in [-0.05, 0) is 60.7 Å². The molecule has 0 saturated heterocycles. The molecule has 4 aromatic carbocycles. The second-order valence-electron chi connectivity index (χ2n) is 9.08. The SMILES string of the molecule is N=c1c(-c2nc3ccccc3s2)c(-c2nc3ccccc3s2)c(S(=O)(=O)c2ccccc2)nn1-c1ccc(Cl)cc1. The molecule has 0 aliphatic carbocycles. The Labute approximate surface area is 247 Å². The zero-order valence-corrected chi connectivity index (χ0v) is 24.2. The van der Waals surface area contributed by atoms with Crippen LogP contribution in [0, 0.1) is 5.41 Å². The third-order valence-corrected chi connectivity index (χ3v) is 10.5. The Morgan fingerprint density at radius 3 is 1.80 bits per heavy atom. The highest BCUT2D eigenvalue weighted by atomic mass is 35.5. The molecule has 7 rings (SSSR count). The van der Waals surface area contributed by atoms with E-state index < -0.39 is 9.84 Å². The van der Waals surface area contributed by atoms with E-state index in [0.29, 0.717) is 26.3 Å². The minimum atomic E-state index is -4.17. The van der Waals surface area contributed by atoms with Gasteiger partial charge in [0.15, 0.2) is 10.5 Å². The maximum Gasteiger partial charge on any atom is 0.226 e. The van der Waals surface area contributed by atoms with Gasteiger partial charge in [0.25, 0.3) is 0 Å². The van der Waals surface area contributed by atoms with Crippen molar-refractivity contribution in [2.75, 3.05) is 0 Å². The summed E-state index contributed by atoms with van der Waals surface area (Å²) in [5.41, 5.74) is 2.54. The summed E-state index contributed by atoms with van der Waals surface area (Å²) in [5, 5.41) is 15.3. The summed E-state index contributed by atoms with van der Waals surface area (Å²) in [6.07, 6.45) is 0. The normalized spacial score (nSPS) is 11.8. The van der Waals surface area contributed by atoms with E-state index in [2.05, 4.69) is 5.10 Å². The van der Waals surface area contributed by atoms with Gasteiger partial charge in [-0.3, -0.25) is 5.41 Å². The maximum atomic E-state index is 14.3. The number of rotatable bonds is 5. The highest BCUT2D eigenvalue weighted by Gasteiger charge is 2.32. The second-order valence-corrected chi connectivity index (χ2v) is 13.4. The molecule has 1 N–H and O–H groups in total. The number of sulfone groups is 1. The third kappa shape index (κ3) is 4.45. The molecule has 11 heteroatoms. The monoisotopic (exact) mass is 611 g/mol. The van der Waals surface area contributed by atoms with Gasteiger partial charge < -0.3 is 0 Å². The highest BCUT2D eigenvalue weighted by Crippen LogP contribution is 2.42. The molecule has 3 heterocycles. The van der Waals surface area contributed by atoms with Crippen LogP contribution in [0.2, 0.25) is 5.02 Å². The van der Waals surface area contributed by atoms with Crippen molar-refractivity contribution in [1.82, 2.24) is 19.7 Å². The second kappa shape index (κ2) is 10.0. The molecule has 7 nitrogen and oxygen atoms in total. The van der Waals surface area contributed by atoms with E-state index in [-0.39, 0.29) is 21.0 Å². The average Bonchev–Trinajstić information content (AvgIpc) is 3.62. The Bertz CT molecular complexity index is 2190. The summed E-state index contributed by atoms with van der Waals surface area (Å²) in [7, 11) is -4.17. The lowest BCUT2D eigenvalue weighted by Gasteiger charge is -2.16. The number of hydrogen-bond acceptors (Lipinski definition) is 8. The molecule has 0 fully saturated rings. The lowest BCUT2D eigenvalue weighted by Crippen LogP contribution is -2.27. The van der Waals surface area contributed by atoms with E-state index in [1.54, 1.807) is 42.5 Å². The van der Waals surface area contributed by atoms with Crippen LogP contribution in [-0.4, -0.2) is 28.2 Å². The van der Waals surface area contributed by atoms with E-state index in [9.17, 15) is 13.8 Å². The topological polar surface area (TPSA) is 102 Å².